The molecule has 0 N–H and O–H groups in total. The standard InChI is InChI=1S/C4H10.K.2Pt.H/c1-3-4-2;;;;/h3-4H2,1-2H3;;;;/q;+1;;;-1. The fourth-order valence-corrected chi connectivity index (χ4v) is 0. The van der Waals surface area contributed by atoms with Gasteiger partial charge in [-0.3, -0.25) is 0 Å². The van der Waals surface area contributed by atoms with Gasteiger partial charge < -0.3 is 1.43 Å². The van der Waals surface area contributed by atoms with Gasteiger partial charge in [0.25, 0.3) is 0 Å². The average molecular weight is 488 g/mol. The molecule has 0 bridgehead atoms. The first-order chi connectivity index (χ1) is 1.91. The van der Waals surface area contributed by atoms with Crippen molar-refractivity contribution in [1.29, 1.82) is 0 Å². The molecule has 0 fully saturated rings. The molecule has 0 aliphatic carbocycles. The van der Waals surface area contributed by atoms with E-state index in [-0.39, 0.29) is 94.9 Å². The van der Waals surface area contributed by atoms with Crippen LogP contribution in [0.25, 0.3) is 0 Å². The first kappa shape index (κ1) is 22.5. The Balaban J connectivity index is -0.00000000750. The molecule has 0 amide bonds. The van der Waals surface area contributed by atoms with Crippen LogP contribution in [-0.4, -0.2) is 0 Å². The van der Waals surface area contributed by atoms with Crippen molar-refractivity contribution in [3.63, 3.8) is 0 Å². The molecular weight excluding hydrogens is 477 g/mol. The van der Waals surface area contributed by atoms with Crippen LogP contribution in [-0.2, 0) is 42.1 Å². The maximum Gasteiger partial charge on any atom is 1.00 e. The molecule has 0 aliphatic heterocycles. The van der Waals surface area contributed by atoms with Gasteiger partial charge in [-0.15, -0.1) is 0 Å². The summed E-state index contributed by atoms with van der Waals surface area (Å²) in [5.74, 6) is 0. The van der Waals surface area contributed by atoms with Gasteiger partial charge in [0.15, 0.2) is 0 Å². The molecule has 3 heteroatoms. The van der Waals surface area contributed by atoms with Gasteiger partial charge in [0.05, 0.1) is 0 Å². The van der Waals surface area contributed by atoms with Crippen LogP contribution in [0.15, 0.2) is 0 Å². The molecule has 0 spiro atoms. The average Bonchev–Trinajstić information content (AvgIpc) is 1.37. The number of hydrogen-bond donors (Lipinski definition) is 0. The van der Waals surface area contributed by atoms with Crippen molar-refractivity contribution in [3.05, 3.63) is 0 Å². The molecule has 0 aliphatic rings. The normalized spacial score (nSPS) is 4.29. The summed E-state index contributed by atoms with van der Waals surface area (Å²) >= 11 is 0. The quantitative estimate of drug-likeness (QED) is 0.412. The summed E-state index contributed by atoms with van der Waals surface area (Å²) in [6, 6.07) is 0. The monoisotopic (exact) mass is 488 g/mol. The van der Waals surface area contributed by atoms with Crippen LogP contribution in [0.2, 0.25) is 0 Å². The summed E-state index contributed by atoms with van der Waals surface area (Å²) in [4.78, 5) is 0. The Morgan fingerprint density at radius 2 is 1.14 bits per heavy atom. The molecule has 0 aromatic rings. The zero-order chi connectivity index (χ0) is 3.41. The largest absolute Gasteiger partial charge is 1.00 e. The van der Waals surface area contributed by atoms with Crippen molar-refractivity contribution in [3.8, 4) is 0 Å². The SMILES string of the molecule is CCCC.[H-].[K+].[Pt].[Pt]. The smallest absolute Gasteiger partial charge is 1.00 e. The van der Waals surface area contributed by atoms with Crippen LogP contribution in [0.3, 0.4) is 0 Å². The van der Waals surface area contributed by atoms with Gasteiger partial charge in [-0.25, -0.2) is 0 Å². The zero-order valence-electron chi connectivity index (χ0n) is 6.05. The van der Waals surface area contributed by atoms with Crippen LogP contribution in [0.4, 0.5) is 0 Å². The Morgan fingerprint density at radius 1 is 1.00 bits per heavy atom. The molecule has 0 radical (unpaired) electrons. The second-order valence-electron chi connectivity index (χ2n) is 1.000. The van der Waals surface area contributed by atoms with Crippen molar-refractivity contribution in [2.45, 2.75) is 26.7 Å². The van der Waals surface area contributed by atoms with E-state index in [2.05, 4.69) is 13.8 Å². The van der Waals surface area contributed by atoms with E-state index in [4.69, 9.17) is 0 Å². The minimum atomic E-state index is 0. The topological polar surface area (TPSA) is 0 Å². The third kappa shape index (κ3) is 27.5. The first-order valence-corrected chi connectivity index (χ1v) is 1.91. The van der Waals surface area contributed by atoms with Crippen LogP contribution >= 0.6 is 0 Å². The van der Waals surface area contributed by atoms with Crippen molar-refractivity contribution in [2.75, 3.05) is 0 Å². The van der Waals surface area contributed by atoms with Gasteiger partial charge >= 0.3 is 51.4 Å². The molecule has 0 saturated heterocycles. The van der Waals surface area contributed by atoms with E-state index in [0.29, 0.717) is 0 Å². The second kappa shape index (κ2) is 23.0. The minimum Gasteiger partial charge on any atom is -1.00 e. The molecule has 0 rings (SSSR count). The zero-order valence-corrected chi connectivity index (χ0v) is 12.7. The Hall–Kier alpha value is 3.01. The fraction of sp³-hybridized carbons (Fsp3) is 1.00. The third-order valence-electron chi connectivity index (χ3n) is 0.500. The van der Waals surface area contributed by atoms with Crippen molar-refractivity contribution in [1.82, 2.24) is 0 Å². The number of hydrogen-bond acceptors (Lipinski definition) is 0. The van der Waals surface area contributed by atoms with Crippen LogP contribution in [0.1, 0.15) is 28.1 Å². The predicted octanol–water partition coefficient (Wildman–Crippen LogP) is -1.08. The predicted molar refractivity (Wildman–Crippen MR) is 21.7 cm³/mol. The van der Waals surface area contributed by atoms with E-state index in [9.17, 15) is 0 Å². The second-order valence-corrected chi connectivity index (χ2v) is 1.000. The van der Waals surface area contributed by atoms with Gasteiger partial charge in [0.2, 0.25) is 0 Å². The van der Waals surface area contributed by atoms with Gasteiger partial charge in [-0.1, -0.05) is 26.7 Å². The van der Waals surface area contributed by atoms with Crippen LogP contribution < -0.4 is 51.4 Å². The molecular formula is C4H11KPt2. The first-order valence-electron chi connectivity index (χ1n) is 1.91. The van der Waals surface area contributed by atoms with E-state index in [1.165, 1.54) is 12.8 Å². The minimum absolute atomic E-state index is 0. The van der Waals surface area contributed by atoms with Gasteiger partial charge in [-0.05, 0) is 0 Å². The molecule has 0 unspecified atom stereocenters. The Labute approximate surface area is 119 Å². The van der Waals surface area contributed by atoms with Crippen molar-refractivity contribution < 1.29 is 94.9 Å². The Kier molecular flexibility index (Phi) is 74.0. The molecule has 0 aromatic carbocycles. The summed E-state index contributed by atoms with van der Waals surface area (Å²) in [5, 5.41) is 0. The Bertz CT molecular complexity index is 16.0. The third-order valence-corrected chi connectivity index (χ3v) is 0.500. The van der Waals surface area contributed by atoms with E-state index < -0.39 is 0 Å². The van der Waals surface area contributed by atoms with E-state index in [0.717, 1.165) is 0 Å². The Morgan fingerprint density at radius 3 is 1.14 bits per heavy atom. The fourth-order valence-electron chi connectivity index (χ4n) is 0. The van der Waals surface area contributed by atoms with Gasteiger partial charge in [-0.2, -0.15) is 0 Å². The van der Waals surface area contributed by atoms with E-state index >= 15 is 0 Å². The molecule has 0 heterocycles. The summed E-state index contributed by atoms with van der Waals surface area (Å²) < 4.78 is 0. The molecule has 0 aromatic heterocycles. The number of rotatable bonds is 1. The van der Waals surface area contributed by atoms with Crippen LogP contribution in [0, 0.1) is 0 Å². The molecule has 48 valence electrons. The maximum absolute atomic E-state index is 2.18. The summed E-state index contributed by atoms with van der Waals surface area (Å²) in [6.45, 7) is 4.36. The summed E-state index contributed by atoms with van der Waals surface area (Å²) in [7, 11) is 0. The van der Waals surface area contributed by atoms with Crippen LogP contribution in [0.5, 0.6) is 0 Å². The molecule has 0 atom stereocenters. The molecule has 7 heavy (non-hydrogen) atoms. The van der Waals surface area contributed by atoms with Gasteiger partial charge in [0, 0.05) is 42.1 Å². The summed E-state index contributed by atoms with van der Waals surface area (Å²) in [5.41, 5.74) is 0. The number of unbranched alkanes of at least 4 members (excludes halogenated alkanes) is 1. The van der Waals surface area contributed by atoms with E-state index in [1.54, 1.807) is 0 Å². The van der Waals surface area contributed by atoms with Crippen molar-refractivity contribution in [2.24, 2.45) is 0 Å². The van der Waals surface area contributed by atoms with Crippen molar-refractivity contribution >= 4 is 0 Å². The summed E-state index contributed by atoms with van der Waals surface area (Å²) in [6.07, 6.45) is 2.64. The van der Waals surface area contributed by atoms with Gasteiger partial charge in [0.1, 0.15) is 0 Å². The van der Waals surface area contributed by atoms with E-state index in [1.807, 2.05) is 0 Å². The molecule has 0 saturated carbocycles. The molecule has 0 nitrogen and oxygen atoms in total. The maximum atomic E-state index is 2.18.